The highest BCUT2D eigenvalue weighted by Gasteiger charge is 2.19. The number of hydrogen-bond donors (Lipinski definition) is 0. The lowest BCUT2D eigenvalue weighted by molar-refractivity contribution is -0.167. The predicted molar refractivity (Wildman–Crippen MR) is 358 cm³/mol. The van der Waals surface area contributed by atoms with Crippen LogP contribution in [0.4, 0.5) is 0 Å². The van der Waals surface area contributed by atoms with Crippen molar-refractivity contribution in [1.82, 2.24) is 0 Å². The first-order chi connectivity index (χ1) is 40.5. The third-order valence-corrected chi connectivity index (χ3v) is 15.6. The Kier molecular flexibility index (Phi) is 67.2. The Bertz CT molecular complexity index is 1550. The number of hydrogen-bond acceptors (Lipinski definition) is 6. The molecule has 0 aliphatic heterocycles. The van der Waals surface area contributed by atoms with Gasteiger partial charge in [0.2, 0.25) is 0 Å². The van der Waals surface area contributed by atoms with Gasteiger partial charge in [0.1, 0.15) is 13.2 Å². The van der Waals surface area contributed by atoms with E-state index in [-0.39, 0.29) is 31.1 Å². The van der Waals surface area contributed by atoms with Crippen LogP contribution in [-0.2, 0) is 28.6 Å². The molecular weight excluding hydrogens is 1010 g/mol. The Morgan fingerprint density at radius 2 is 0.476 bits per heavy atom. The monoisotopic (exact) mass is 1140 g/mol. The van der Waals surface area contributed by atoms with Gasteiger partial charge in [-0.25, -0.2) is 0 Å². The fourth-order valence-corrected chi connectivity index (χ4v) is 10.3. The molecule has 0 heterocycles. The molecule has 0 saturated heterocycles. The van der Waals surface area contributed by atoms with E-state index in [1.165, 1.54) is 205 Å². The molecule has 0 aromatic rings. The average molecular weight is 1140 g/mol. The molecule has 474 valence electrons. The van der Waals surface area contributed by atoms with Crippen LogP contribution in [0.1, 0.15) is 361 Å². The van der Waals surface area contributed by atoms with Gasteiger partial charge in [-0.05, 0) is 96.3 Å². The smallest absolute Gasteiger partial charge is 0.306 e. The molecule has 0 saturated carbocycles. The summed E-state index contributed by atoms with van der Waals surface area (Å²) < 4.78 is 17.0. The third-order valence-electron chi connectivity index (χ3n) is 15.6. The van der Waals surface area contributed by atoms with Crippen LogP contribution < -0.4 is 0 Å². The lowest BCUT2D eigenvalue weighted by Gasteiger charge is -2.18. The van der Waals surface area contributed by atoms with Crippen LogP contribution in [0.3, 0.4) is 0 Å². The van der Waals surface area contributed by atoms with E-state index in [0.717, 1.165) is 116 Å². The van der Waals surface area contributed by atoms with E-state index in [4.69, 9.17) is 14.2 Å². The average Bonchev–Trinajstić information content (AvgIpc) is 3.47. The Balaban J connectivity index is 4.37. The van der Waals surface area contributed by atoms with Crippen LogP contribution in [-0.4, -0.2) is 37.2 Å². The molecule has 6 nitrogen and oxygen atoms in total. The number of carbonyl (C=O) groups is 3. The van der Waals surface area contributed by atoms with Gasteiger partial charge in [-0.15, -0.1) is 0 Å². The number of unbranched alkanes of at least 4 members (excludes halogenated alkanes) is 40. The van der Waals surface area contributed by atoms with Gasteiger partial charge in [-0.3, -0.25) is 14.4 Å². The largest absolute Gasteiger partial charge is 0.462 e. The zero-order valence-electron chi connectivity index (χ0n) is 54.5. The molecule has 0 aliphatic carbocycles. The summed E-state index contributed by atoms with van der Waals surface area (Å²) in [6.45, 7) is 6.56. The normalized spacial score (nSPS) is 12.6. The van der Waals surface area contributed by atoms with E-state index in [1.54, 1.807) is 0 Å². The first kappa shape index (κ1) is 78.6. The molecular formula is C76H134O6. The second-order valence-electron chi connectivity index (χ2n) is 23.8. The highest BCUT2D eigenvalue weighted by Crippen LogP contribution is 2.18. The summed E-state index contributed by atoms with van der Waals surface area (Å²) in [6, 6.07) is 0. The lowest BCUT2D eigenvalue weighted by atomic mass is 10.0. The highest BCUT2D eigenvalue weighted by molar-refractivity contribution is 5.71. The zero-order valence-corrected chi connectivity index (χ0v) is 54.5. The molecule has 1 unspecified atom stereocenters. The van der Waals surface area contributed by atoms with Gasteiger partial charge in [-0.1, -0.05) is 331 Å². The van der Waals surface area contributed by atoms with E-state index >= 15 is 0 Å². The Labute approximate surface area is 509 Å². The fraction of sp³-hybridized carbons (Fsp3) is 0.776. The van der Waals surface area contributed by atoms with Crippen LogP contribution >= 0.6 is 0 Å². The Hall–Kier alpha value is -3.41. The van der Waals surface area contributed by atoms with Crippen molar-refractivity contribution < 1.29 is 28.6 Å². The van der Waals surface area contributed by atoms with Crippen molar-refractivity contribution >= 4 is 17.9 Å². The minimum Gasteiger partial charge on any atom is -0.462 e. The number of esters is 3. The van der Waals surface area contributed by atoms with Crippen LogP contribution in [0.15, 0.2) is 85.1 Å². The van der Waals surface area contributed by atoms with Crippen molar-refractivity contribution in [3.05, 3.63) is 85.1 Å². The molecule has 0 fully saturated rings. The topological polar surface area (TPSA) is 78.9 Å². The van der Waals surface area contributed by atoms with E-state index in [9.17, 15) is 14.4 Å². The fourth-order valence-electron chi connectivity index (χ4n) is 10.3. The van der Waals surface area contributed by atoms with Crippen molar-refractivity contribution in [1.29, 1.82) is 0 Å². The number of carbonyl (C=O) groups excluding carboxylic acids is 3. The molecule has 0 bridgehead atoms. The SMILES string of the molecule is CC/C=C\C/C=C\C/C=C\C/C=C\C/C=C\CCCCCCCC(=O)OC(COC(=O)CCCCCCCCCCCCCCC/C=C\C/C=C\CCCCCCC)COC(=O)CCCCCCCCCCCCCCCCCCCC. The summed E-state index contributed by atoms with van der Waals surface area (Å²) in [5.41, 5.74) is 0. The van der Waals surface area contributed by atoms with Gasteiger partial charge in [-0.2, -0.15) is 0 Å². The van der Waals surface area contributed by atoms with Gasteiger partial charge in [0.05, 0.1) is 0 Å². The van der Waals surface area contributed by atoms with Crippen molar-refractivity contribution in [2.24, 2.45) is 0 Å². The number of rotatable bonds is 65. The predicted octanol–water partition coefficient (Wildman–Crippen LogP) is 24.6. The standard InChI is InChI=1S/C76H134O6/c1-4-7-10-13-16-19-22-25-28-31-34-36-37-38-39-41-42-45-48-51-54-57-60-63-66-69-75(78)81-72-73(71-80-74(77)68-65-62-59-56-53-50-47-44-33-30-27-24-21-18-15-12-9-6-3)82-76(79)70-67-64-61-58-55-52-49-46-43-40-35-32-29-26-23-20-17-14-11-8-5-2/h8,11,17,20,22,25-26,29,31,34-35,40,46,49,73H,4-7,9-10,12-16,18-19,21,23-24,27-28,30,32-33,36-39,41-45,47-48,50-72H2,1-3H3/b11-8-,20-17-,25-22-,29-26-,34-31-,40-35-,49-46-. The molecule has 0 rings (SSSR count). The van der Waals surface area contributed by atoms with Gasteiger partial charge in [0, 0.05) is 19.3 Å². The maximum Gasteiger partial charge on any atom is 0.306 e. The summed E-state index contributed by atoms with van der Waals surface area (Å²) in [4.78, 5) is 38.5. The summed E-state index contributed by atoms with van der Waals surface area (Å²) in [7, 11) is 0. The van der Waals surface area contributed by atoms with Gasteiger partial charge < -0.3 is 14.2 Å². The van der Waals surface area contributed by atoms with Crippen LogP contribution in [0.2, 0.25) is 0 Å². The summed E-state index contributed by atoms with van der Waals surface area (Å²) in [5.74, 6) is -0.880. The summed E-state index contributed by atoms with van der Waals surface area (Å²) in [5, 5.41) is 0. The third kappa shape index (κ3) is 67.4. The number of allylic oxidation sites excluding steroid dienone is 14. The molecule has 0 radical (unpaired) electrons. The second kappa shape index (κ2) is 70.1. The van der Waals surface area contributed by atoms with E-state index < -0.39 is 6.10 Å². The minimum atomic E-state index is -0.788. The molecule has 0 spiro atoms. The maximum absolute atomic E-state index is 13.0. The van der Waals surface area contributed by atoms with Crippen molar-refractivity contribution in [2.45, 2.75) is 367 Å². The van der Waals surface area contributed by atoms with E-state index in [0.29, 0.717) is 19.3 Å². The summed E-state index contributed by atoms with van der Waals surface area (Å²) >= 11 is 0. The highest BCUT2D eigenvalue weighted by atomic mass is 16.6. The minimum absolute atomic E-state index is 0.0810. The van der Waals surface area contributed by atoms with Crippen LogP contribution in [0.5, 0.6) is 0 Å². The lowest BCUT2D eigenvalue weighted by Crippen LogP contribution is -2.30. The van der Waals surface area contributed by atoms with E-state index in [1.807, 2.05) is 0 Å². The maximum atomic E-state index is 13.0. The first-order valence-corrected chi connectivity index (χ1v) is 35.6. The first-order valence-electron chi connectivity index (χ1n) is 35.6. The molecule has 1 atom stereocenters. The molecule has 0 amide bonds. The molecule has 0 N–H and O–H groups in total. The van der Waals surface area contributed by atoms with Crippen molar-refractivity contribution in [2.75, 3.05) is 13.2 Å². The number of ether oxygens (including phenoxy) is 3. The summed E-state index contributed by atoms with van der Waals surface area (Å²) in [6.07, 6.45) is 93.2. The van der Waals surface area contributed by atoms with Crippen LogP contribution in [0, 0.1) is 0 Å². The van der Waals surface area contributed by atoms with Gasteiger partial charge in [0.15, 0.2) is 6.10 Å². The van der Waals surface area contributed by atoms with Gasteiger partial charge >= 0.3 is 17.9 Å². The molecule has 82 heavy (non-hydrogen) atoms. The second-order valence-corrected chi connectivity index (χ2v) is 23.8. The molecule has 0 aromatic heterocycles. The van der Waals surface area contributed by atoms with Crippen LogP contribution in [0.25, 0.3) is 0 Å². The molecule has 0 aliphatic rings. The Morgan fingerprint density at radius 3 is 0.744 bits per heavy atom. The zero-order chi connectivity index (χ0) is 59.2. The Morgan fingerprint density at radius 1 is 0.256 bits per heavy atom. The van der Waals surface area contributed by atoms with Crippen molar-refractivity contribution in [3.63, 3.8) is 0 Å². The van der Waals surface area contributed by atoms with E-state index in [2.05, 4.69) is 106 Å². The van der Waals surface area contributed by atoms with Gasteiger partial charge in [0.25, 0.3) is 0 Å². The molecule has 0 aromatic carbocycles. The quantitative estimate of drug-likeness (QED) is 0.0261. The van der Waals surface area contributed by atoms with Crippen molar-refractivity contribution in [3.8, 4) is 0 Å². The molecule has 6 heteroatoms.